The lowest BCUT2D eigenvalue weighted by Gasteiger charge is -2.09. The first-order valence-electron chi connectivity index (χ1n) is 7.44. The molecule has 0 fully saturated rings. The largest absolute Gasteiger partial charge is 0.296 e. The van der Waals surface area contributed by atoms with Crippen LogP contribution in [0.5, 0.6) is 0 Å². The summed E-state index contributed by atoms with van der Waals surface area (Å²) in [6, 6.07) is 3.84. The van der Waals surface area contributed by atoms with Gasteiger partial charge < -0.3 is 0 Å². The van der Waals surface area contributed by atoms with Crippen molar-refractivity contribution in [2.75, 3.05) is 0 Å². The normalized spacial score (nSPS) is 12.4. The molecule has 0 aliphatic heterocycles. The summed E-state index contributed by atoms with van der Waals surface area (Å²) in [6.45, 7) is 2.03. The van der Waals surface area contributed by atoms with Crippen LogP contribution < -0.4 is 5.56 Å². The number of unbranched alkanes of at least 4 members (excludes halogenated alkanes) is 2. The second-order valence-electron chi connectivity index (χ2n) is 5.49. The van der Waals surface area contributed by atoms with Crippen molar-refractivity contribution < 1.29 is 25.9 Å². The zero-order valence-electron chi connectivity index (χ0n) is 13.3. The monoisotopic (exact) mass is 390 g/mol. The summed E-state index contributed by atoms with van der Waals surface area (Å²) in [7, 11) is -9.53. The van der Waals surface area contributed by atoms with E-state index in [9.17, 15) is 26.2 Å². The summed E-state index contributed by atoms with van der Waals surface area (Å²) in [5.74, 6) is 0. The SMILES string of the molecule is CCCCCc1cc(=O)n(-c2ccc(S(=O)(=O)O)cc2S(=O)(=O)O)[nH]1. The maximum absolute atomic E-state index is 12.1. The minimum absolute atomic E-state index is 0.248. The summed E-state index contributed by atoms with van der Waals surface area (Å²) in [5, 5.41) is 2.74. The second kappa shape index (κ2) is 7.12. The molecular formula is C14H18N2O7S2. The Morgan fingerprint density at radius 1 is 1.04 bits per heavy atom. The van der Waals surface area contributed by atoms with Crippen LogP contribution in [0.1, 0.15) is 31.9 Å². The van der Waals surface area contributed by atoms with Gasteiger partial charge in [-0.25, -0.2) is 4.68 Å². The zero-order chi connectivity index (χ0) is 18.8. The number of aryl methyl sites for hydroxylation is 1. The number of benzene rings is 1. The number of nitrogens with zero attached hydrogens (tertiary/aromatic N) is 1. The Labute approximate surface area is 144 Å². The molecule has 0 atom stereocenters. The third kappa shape index (κ3) is 4.57. The molecule has 0 bridgehead atoms. The van der Waals surface area contributed by atoms with Crippen LogP contribution in [0.4, 0.5) is 0 Å². The van der Waals surface area contributed by atoms with E-state index in [0.717, 1.165) is 36.1 Å². The molecular weight excluding hydrogens is 372 g/mol. The molecule has 0 aliphatic carbocycles. The molecule has 0 radical (unpaired) electrons. The Kier molecular flexibility index (Phi) is 5.52. The number of aromatic amines is 1. The molecule has 2 rings (SSSR count). The van der Waals surface area contributed by atoms with Crippen molar-refractivity contribution in [3.05, 3.63) is 40.3 Å². The third-order valence-electron chi connectivity index (χ3n) is 3.57. The van der Waals surface area contributed by atoms with Crippen LogP contribution in [-0.2, 0) is 26.7 Å². The van der Waals surface area contributed by atoms with Crippen LogP contribution >= 0.6 is 0 Å². The van der Waals surface area contributed by atoms with Crippen molar-refractivity contribution in [3.63, 3.8) is 0 Å². The highest BCUT2D eigenvalue weighted by Crippen LogP contribution is 2.23. The van der Waals surface area contributed by atoms with Crippen molar-refractivity contribution >= 4 is 20.2 Å². The maximum atomic E-state index is 12.1. The third-order valence-corrected chi connectivity index (χ3v) is 5.30. The lowest BCUT2D eigenvalue weighted by molar-refractivity contribution is 0.480. The fourth-order valence-electron chi connectivity index (χ4n) is 2.36. The molecule has 0 amide bonds. The van der Waals surface area contributed by atoms with Gasteiger partial charge in [-0.2, -0.15) is 16.8 Å². The minimum atomic E-state index is -4.85. The van der Waals surface area contributed by atoms with Crippen LogP contribution in [0.3, 0.4) is 0 Å². The van der Waals surface area contributed by atoms with Crippen LogP contribution in [0.15, 0.2) is 38.9 Å². The topological polar surface area (TPSA) is 147 Å². The number of aromatic nitrogens is 2. The molecule has 0 spiro atoms. The van der Waals surface area contributed by atoms with E-state index in [1.54, 1.807) is 0 Å². The number of hydrogen-bond donors (Lipinski definition) is 3. The van der Waals surface area contributed by atoms with Crippen LogP contribution in [0.2, 0.25) is 0 Å². The number of H-pyrrole nitrogens is 1. The van der Waals surface area contributed by atoms with E-state index in [-0.39, 0.29) is 5.69 Å². The first-order valence-corrected chi connectivity index (χ1v) is 10.3. The highest BCUT2D eigenvalue weighted by Gasteiger charge is 2.22. The fraction of sp³-hybridized carbons (Fsp3) is 0.357. The van der Waals surface area contributed by atoms with Crippen LogP contribution in [0, 0.1) is 0 Å². The number of rotatable bonds is 7. The Morgan fingerprint density at radius 2 is 1.72 bits per heavy atom. The Morgan fingerprint density at radius 3 is 2.28 bits per heavy atom. The van der Waals surface area contributed by atoms with Crippen LogP contribution in [0.25, 0.3) is 5.69 Å². The predicted molar refractivity (Wildman–Crippen MR) is 89.2 cm³/mol. The molecule has 0 saturated carbocycles. The van der Waals surface area contributed by atoms with E-state index < -0.39 is 35.6 Å². The van der Waals surface area contributed by atoms with Gasteiger partial charge in [-0.3, -0.25) is 19.0 Å². The predicted octanol–water partition coefficient (Wildman–Crippen LogP) is 1.39. The Balaban J connectivity index is 2.58. The van der Waals surface area contributed by atoms with Gasteiger partial charge in [-0.05, 0) is 31.0 Å². The molecule has 11 heteroatoms. The molecule has 1 heterocycles. The molecule has 9 nitrogen and oxygen atoms in total. The summed E-state index contributed by atoms with van der Waals surface area (Å²) in [5.41, 5.74) is -0.226. The van der Waals surface area contributed by atoms with Gasteiger partial charge in [-0.15, -0.1) is 0 Å². The van der Waals surface area contributed by atoms with E-state index in [2.05, 4.69) is 5.10 Å². The molecule has 1 aromatic heterocycles. The Hall–Kier alpha value is -1.95. The van der Waals surface area contributed by atoms with E-state index in [4.69, 9.17) is 4.55 Å². The van der Waals surface area contributed by atoms with Gasteiger partial charge >= 0.3 is 0 Å². The molecule has 25 heavy (non-hydrogen) atoms. The molecule has 138 valence electrons. The van der Waals surface area contributed by atoms with Crippen molar-refractivity contribution in [2.45, 2.75) is 42.4 Å². The number of nitrogens with one attached hydrogen (secondary N) is 1. The molecule has 3 N–H and O–H groups in total. The van der Waals surface area contributed by atoms with Crippen molar-refractivity contribution in [1.29, 1.82) is 0 Å². The van der Waals surface area contributed by atoms with Gasteiger partial charge in [0, 0.05) is 11.8 Å². The van der Waals surface area contributed by atoms with Crippen molar-refractivity contribution in [3.8, 4) is 5.69 Å². The lowest BCUT2D eigenvalue weighted by Crippen LogP contribution is -2.17. The molecule has 1 aromatic carbocycles. The Bertz CT molecular complexity index is 1030. The minimum Gasteiger partial charge on any atom is -0.295 e. The average Bonchev–Trinajstić information content (AvgIpc) is 2.86. The van der Waals surface area contributed by atoms with Crippen molar-refractivity contribution in [2.24, 2.45) is 0 Å². The van der Waals surface area contributed by atoms with Gasteiger partial charge in [0.15, 0.2) is 0 Å². The van der Waals surface area contributed by atoms with Gasteiger partial charge in [0.05, 0.1) is 10.6 Å². The van der Waals surface area contributed by atoms with Gasteiger partial charge in [-0.1, -0.05) is 19.8 Å². The highest BCUT2D eigenvalue weighted by atomic mass is 32.2. The summed E-state index contributed by atoms with van der Waals surface area (Å²) in [6.07, 6.45) is 3.38. The van der Waals surface area contributed by atoms with E-state index in [1.807, 2.05) is 6.92 Å². The van der Waals surface area contributed by atoms with Crippen molar-refractivity contribution in [1.82, 2.24) is 9.78 Å². The molecule has 2 aromatic rings. The first-order chi connectivity index (χ1) is 11.5. The van der Waals surface area contributed by atoms with E-state index in [1.165, 1.54) is 6.07 Å². The lowest BCUT2D eigenvalue weighted by atomic mass is 10.2. The maximum Gasteiger partial charge on any atom is 0.296 e. The van der Waals surface area contributed by atoms with E-state index in [0.29, 0.717) is 18.2 Å². The smallest absolute Gasteiger partial charge is 0.295 e. The van der Waals surface area contributed by atoms with Crippen LogP contribution in [-0.4, -0.2) is 35.7 Å². The molecule has 0 unspecified atom stereocenters. The average molecular weight is 390 g/mol. The van der Waals surface area contributed by atoms with Gasteiger partial charge in [0.25, 0.3) is 25.8 Å². The quantitative estimate of drug-likeness (QED) is 0.478. The molecule has 0 saturated heterocycles. The standard InChI is InChI=1S/C14H18N2O7S2/c1-2-3-4-5-10-8-14(17)16(15-10)12-7-6-11(24(18,19)20)9-13(12)25(21,22)23/h6-9,15H,2-5H2,1H3,(H,18,19,20)(H,21,22,23). The number of hydrogen-bond acceptors (Lipinski definition) is 5. The highest BCUT2D eigenvalue weighted by molar-refractivity contribution is 7.86. The fourth-order valence-corrected chi connectivity index (χ4v) is 3.64. The van der Waals surface area contributed by atoms with Gasteiger partial charge in [0.2, 0.25) is 0 Å². The van der Waals surface area contributed by atoms with Gasteiger partial charge in [0.1, 0.15) is 4.90 Å². The first kappa shape index (κ1) is 19.4. The summed E-state index contributed by atoms with van der Waals surface area (Å²) in [4.78, 5) is 10.6. The van der Waals surface area contributed by atoms with E-state index >= 15 is 0 Å². The summed E-state index contributed by atoms with van der Waals surface area (Å²) < 4.78 is 64.8. The summed E-state index contributed by atoms with van der Waals surface area (Å²) >= 11 is 0. The second-order valence-corrected chi connectivity index (χ2v) is 8.30. The zero-order valence-corrected chi connectivity index (χ0v) is 15.0. The molecule has 0 aliphatic rings.